The van der Waals surface area contributed by atoms with Gasteiger partial charge in [0, 0.05) is 23.3 Å². The molecule has 206 valence electrons. The highest BCUT2D eigenvalue weighted by atomic mass is 32.2. The Labute approximate surface area is 215 Å². The average Bonchev–Trinajstić information content (AvgIpc) is 3.55. The van der Waals surface area contributed by atoms with Gasteiger partial charge in [-0.15, -0.1) is 0 Å². The smallest absolute Gasteiger partial charge is 0.419 e. The summed E-state index contributed by atoms with van der Waals surface area (Å²) in [6, 6.07) is 2.30. The van der Waals surface area contributed by atoms with Crippen LogP contribution in [0.5, 0.6) is 5.75 Å². The van der Waals surface area contributed by atoms with Crippen LogP contribution in [0.1, 0.15) is 50.8 Å². The Hall–Kier alpha value is -3.06. The summed E-state index contributed by atoms with van der Waals surface area (Å²) >= 11 is 0. The number of hydrogen-bond acceptors (Lipinski definition) is 4. The van der Waals surface area contributed by atoms with E-state index < -0.39 is 61.4 Å². The van der Waals surface area contributed by atoms with Gasteiger partial charge < -0.3 is 4.74 Å². The topological polar surface area (TPSA) is 73.2 Å². The van der Waals surface area contributed by atoms with E-state index >= 15 is 0 Å². The quantitative estimate of drug-likeness (QED) is 0.276. The molecule has 3 aromatic rings. The maximum Gasteiger partial charge on any atom is 0.419 e. The molecule has 0 radical (unpaired) electrons. The standard InChI is InChI=1S/C25H25F6N3O3S/c1-24(2,3)34-23(15-10-19(27)20(28)11-18(15)26)16(12-32-34)22(13-5-6-13)33-38(35,36)14-7-8-17(25(29,30)31)21(9-14)37-4/h7-13,22,33H,5-6H2,1-4H3/t22-/m1/s1. The molecule has 1 aromatic heterocycles. The fraction of sp³-hybridized carbons (Fsp3) is 0.400. The van der Waals surface area contributed by atoms with Gasteiger partial charge in [-0.05, 0) is 57.7 Å². The third-order valence-corrected chi connectivity index (χ3v) is 7.64. The van der Waals surface area contributed by atoms with Crippen LogP contribution in [0.25, 0.3) is 11.3 Å². The van der Waals surface area contributed by atoms with E-state index in [1.54, 1.807) is 20.8 Å². The zero-order chi connectivity index (χ0) is 28.2. The van der Waals surface area contributed by atoms with Crippen LogP contribution in [-0.4, -0.2) is 25.3 Å². The summed E-state index contributed by atoms with van der Waals surface area (Å²) in [4.78, 5) is -0.475. The van der Waals surface area contributed by atoms with E-state index in [4.69, 9.17) is 4.74 Å². The van der Waals surface area contributed by atoms with E-state index in [9.17, 15) is 34.8 Å². The van der Waals surface area contributed by atoms with Gasteiger partial charge in [0.25, 0.3) is 0 Å². The molecule has 1 heterocycles. The fourth-order valence-corrected chi connectivity index (χ4v) is 5.52. The highest BCUT2D eigenvalue weighted by molar-refractivity contribution is 7.89. The van der Waals surface area contributed by atoms with Crippen LogP contribution in [-0.2, 0) is 21.7 Å². The maximum atomic E-state index is 15.0. The van der Waals surface area contributed by atoms with E-state index in [1.165, 1.54) is 10.9 Å². The van der Waals surface area contributed by atoms with Gasteiger partial charge in [0.15, 0.2) is 11.6 Å². The van der Waals surface area contributed by atoms with Crippen LogP contribution in [0.3, 0.4) is 0 Å². The second-order valence-electron chi connectivity index (χ2n) is 10.1. The number of ether oxygens (including phenoxy) is 1. The predicted molar refractivity (Wildman–Crippen MR) is 126 cm³/mol. The zero-order valence-corrected chi connectivity index (χ0v) is 21.6. The SMILES string of the molecule is COc1cc(S(=O)(=O)N[C@@H](c2cnn(C(C)(C)C)c2-c2cc(F)c(F)cc2F)C2CC2)ccc1C(F)(F)F. The van der Waals surface area contributed by atoms with Crippen molar-refractivity contribution in [3.05, 3.63) is 65.1 Å². The summed E-state index contributed by atoms with van der Waals surface area (Å²) in [6.07, 6.45) is -2.23. The minimum absolute atomic E-state index is 0.0542. The van der Waals surface area contributed by atoms with Crippen molar-refractivity contribution in [2.75, 3.05) is 7.11 Å². The highest BCUT2D eigenvalue weighted by Crippen LogP contribution is 2.46. The highest BCUT2D eigenvalue weighted by Gasteiger charge is 2.40. The lowest BCUT2D eigenvalue weighted by Crippen LogP contribution is -2.31. The average molecular weight is 562 g/mol. The molecule has 1 N–H and O–H groups in total. The molecular weight excluding hydrogens is 536 g/mol. The number of sulfonamides is 1. The van der Waals surface area contributed by atoms with E-state index in [2.05, 4.69) is 9.82 Å². The molecule has 0 aliphatic heterocycles. The number of alkyl halides is 3. The van der Waals surface area contributed by atoms with Gasteiger partial charge in [-0.2, -0.15) is 18.3 Å². The second kappa shape index (κ2) is 9.60. The Bertz CT molecular complexity index is 1470. The van der Waals surface area contributed by atoms with Gasteiger partial charge in [0.1, 0.15) is 11.6 Å². The first-order valence-electron chi connectivity index (χ1n) is 11.6. The molecule has 1 atom stereocenters. The lowest BCUT2D eigenvalue weighted by Gasteiger charge is -2.25. The van der Waals surface area contributed by atoms with Crippen LogP contribution < -0.4 is 9.46 Å². The van der Waals surface area contributed by atoms with Gasteiger partial charge in [-0.3, -0.25) is 4.68 Å². The van der Waals surface area contributed by atoms with Crippen molar-refractivity contribution >= 4 is 10.0 Å². The molecule has 0 bridgehead atoms. The van der Waals surface area contributed by atoms with Crippen LogP contribution in [0, 0.1) is 23.4 Å². The predicted octanol–water partition coefficient (Wildman–Crippen LogP) is 6.18. The van der Waals surface area contributed by atoms with Crippen LogP contribution in [0.4, 0.5) is 26.3 Å². The molecule has 1 fully saturated rings. The number of benzene rings is 2. The first kappa shape index (κ1) is 28.0. The van der Waals surface area contributed by atoms with Crippen LogP contribution >= 0.6 is 0 Å². The molecule has 4 rings (SSSR count). The molecule has 1 aliphatic carbocycles. The molecular formula is C25H25F6N3O3S. The van der Waals surface area contributed by atoms with Crippen molar-refractivity contribution in [2.24, 2.45) is 5.92 Å². The Kier molecular flexibility index (Phi) is 7.06. The van der Waals surface area contributed by atoms with Crippen molar-refractivity contribution in [1.29, 1.82) is 0 Å². The Morgan fingerprint density at radius 3 is 2.21 bits per heavy atom. The van der Waals surface area contributed by atoms with E-state index in [1.807, 2.05) is 0 Å². The molecule has 6 nitrogen and oxygen atoms in total. The number of aromatic nitrogens is 2. The largest absolute Gasteiger partial charge is 0.496 e. The third kappa shape index (κ3) is 5.39. The molecule has 0 unspecified atom stereocenters. The summed E-state index contributed by atoms with van der Waals surface area (Å²) in [5.74, 6) is -4.67. The number of nitrogens with zero attached hydrogens (tertiary/aromatic N) is 2. The van der Waals surface area contributed by atoms with E-state index in [0.717, 1.165) is 19.2 Å². The van der Waals surface area contributed by atoms with Gasteiger partial charge in [-0.25, -0.2) is 26.3 Å². The van der Waals surface area contributed by atoms with Crippen molar-refractivity contribution in [3.63, 3.8) is 0 Å². The third-order valence-electron chi connectivity index (χ3n) is 6.20. The summed E-state index contributed by atoms with van der Waals surface area (Å²) in [7, 11) is -3.43. The molecule has 1 saturated carbocycles. The zero-order valence-electron chi connectivity index (χ0n) is 20.8. The number of methoxy groups -OCH3 is 1. The first-order chi connectivity index (χ1) is 17.5. The normalized spacial score (nSPS) is 15.5. The van der Waals surface area contributed by atoms with Crippen molar-refractivity contribution in [3.8, 4) is 17.0 Å². The minimum atomic E-state index is -4.76. The number of halogens is 6. The van der Waals surface area contributed by atoms with E-state index in [-0.39, 0.29) is 22.7 Å². The number of hydrogen-bond donors (Lipinski definition) is 1. The Balaban J connectivity index is 1.83. The van der Waals surface area contributed by atoms with Gasteiger partial charge in [0.05, 0.1) is 41.0 Å². The Morgan fingerprint density at radius 1 is 1.03 bits per heavy atom. The summed E-state index contributed by atoms with van der Waals surface area (Å²) in [5.41, 5.74) is -1.94. The molecule has 38 heavy (non-hydrogen) atoms. The summed E-state index contributed by atoms with van der Waals surface area (Å²) in [5, 5.41) is 4.31. The molecule has 2 aromatic carbocycles. The van der Waals surface area contributed by atoms with E-state index in [0.29, 0.717) is 31.0 Å². The molecule has 0 saturated heterocycles. The Morgan fingerprint density at radius 2 is 1.66 bits per heavy atom. The van der Waals surface area contributed by atoms with Gasteiger partial charge >= 0.3 is 6.18 Å². The summed E-state index contributed by atoms with van der Waals surface area (Å²) in [6.45, 7) is 5.24. The molecule has 1 aliphatic rings. The lowest BCUT2D eigenvalue weighted by molar-refractivity contribution is -0.138. The van der Waals surface area contributed by atoms with Gasteiger partial charge in [0.2, 0.25) is 10.0 Å². The van der Waals surface area contributed by atoms with Crippen LogP contribution in [0.2, 0.25) is 0 Å². The lowest BCUT2D eigenvalue weighted by atomic mass is 9.97. The molecule has 0 amide bonds. The van der Waals surface area contributed by atoms with Crippen molar-refractivity contribution < 1.29 is 39.5 Å². The molecule has 13 heteroatoms. The first-order valence-corrected chi connectivity index (χ1v) is 13.0. The molecule has 0 spiro atoms. The van der Waals surface area contributed by atoms with Crippen molar-refractivity contribution in [2.45, 2.75) is 56.3 Å². The number of nitrogens with one attached hydrogen (secondary N) is 1. The van der Waals surface area contributed by atoms with Crippen molar-refractivity contribution in [1.82, 2.24) is 14.5 Å². The second-order valence-corrected chi connectivity index (χ2v) is 11.8. The fourth-order valence-electron chi connectivity index (χ4n) is 4.22. The minimum Gasteiger partial charge on any atom is -0.496 e. The summed E-state index contributed by atoms with van der Waals surface area (Å²) < 4.78 is 118. The number of rotatable bonds is 7. The monoisotopic (exact) mass is 561 g/mol. The van der Waals surface area contributed by atoms with Gasteiger partial charge in [-0.1, -0.05) is 0 Å². The maximum absolute atomic E-state index is 15.0. The van der Waals surface area contributed by atoms with Crippen LogP contribution in [0.15, 0.2) is 41.4 Å².